The molecule has 1 saturated heterocycles. The van der Waals surface area contributed by atoms with E-state index in [4.69, 9.17) is 0 Å². The van der Waals surface area contributed by atoms with Gasteiger partial charge in [-0.1, -0.05) is 25.3 Å². The standard InChI is InChI=1S/C20H30N2O3S/c1-3-22(17-9-5-4-6-10-17)20(23)19-15-18(12-11-16(19)2)26(24,25)21-13-7-8-14-21/h11-12,15,17H,3-10,13-14H2,1-2H3. The van der Waals surface area contributed by atoms with Crippen LogP contribution in [-0.4, -0.2) is 49.2 Å². The molecule has 0 spiro atoms. The number of aryl methyl sites for hydroxylation is 1. The summed E-state index contributed by atoms with van der Waals surface area (Å²) in [6.07, 6.45) is 7.47. The Hall–Kier alpha value is -1.40. The molecule has 6 heteroatoms. The summed E-state index contributed by atoms with van der Waals surface area (Å²) in [5, 5.41) is 0. The Morgan fingerprint density at radius 3 is 2.38 bits per heavy atom. The van der Waals surface area contributed by atoms with Crippen molar-refractivity contribution in [1.29, 1.82) is 0 Å². The molecule has 1 amide bonds. The molecule has 1 aromatic rings. The van der Waals surface area contributed by atoms with E-state index in [1.807, 2.05) is 18.7 Å². The third kappa shape index (κ3) is 3.81. The van der Waals surface area contributed by atoms with E-state index in [0.29, 0.717) is 25.2 Å². The second-order valence-electron chi connectivity index (χ2n) is 7.47. The Labute approximate surface area is 157 Å². The minimum atomic E-state index is -3.51. The summed E-state index contributed by atoms with van der Waals surface area (Å²) in [4.78, 5) is 15.4. The average molecular weight is 379 g/mol. The van der Waals surface area contributed by atoms with Crippen molar-refractivity contribution in [3.8, 4) is 0 Å². The molecule has 0 atom stereocenters. The fraction of sp³-hybridized carbons (Fsp3) is 0.650. The molecular formula is C20H30N2O3S. The average Bonchev–Trinajstić information content (AvgIpc) is 3.19. The van der Waals surface area contributed by atoms with Gasteiger partial charge in [0.15, 0.2) is 0 Å². The van der Waals surface area contributed by atoms with Gasteiger partial charge in [0.25, 0.3) is 5.91 Å². The fourth-order valence-electron chi connectivity index (χ4n) is 4.18. The normalized spacial score (nSPS) is 19.6. The summed E-state index contributed by atoms with van der Waals surface area (Å²) in [5.41, 5.74) is 1.36. The van der Waals surface area contributed by atoms with Crippen LogP contribution in [0.3, 0.4) is 0 Å². The number of carbonyl (C=O) groups is 1. The van der Waals surface area contributed by atoms with Crippen LogP contribution in [0.15, 0.2) is 23.1 Å². The van der Waals surface area contributed by atoms with Gasteiger partial charge in [-0.3, -0.25) is 4.79 Å². The Bertz CT molecular complexity index is 748. The van der Waals surface area contributed by atoms with Crippen LogP contribution >= 0.6 is 0 Å². The predicted molar refractivity (Wildman–Crippen MR) is 103 cm³/mol. The molecule has 0 bridgehead atoms. The van der Waals surface area contributed by atoms with Gasteiger partial charge in [-0.05, 0) is 57.2 Å². The predicted octanol–water partition coefficient (Wildman–Crippen LogP) is 3.57. The van der Waals surface area contributed by atoms with Gasteiger partial charge in [-0.15, -0.1) is 0 Å². The second-order valence-corrected chi connectivity index (χ2v) is 9.41. The topological polar surface area (TPSA) is 57.7 Å². The second kappa shape index (κ2) is 8.09. The van der Waals surface area contributed by atoms with Crippen molar-refractivity contribution in [2.45, 2.75) is 69.7 Å². The molecule has 26 heavy (non-hydrogen) atoms. The van der Waals surface area contributed by atoms with Crippen LogP contribution in [0.1, 0.15) is 67.8 Å². The molecular weight excluding hydrogens is 348 g/mol. The molecule has 0 unspecified atom stereocenters. The number of rotatable bonds is 5. The summed E-state index contributed by atoms with van der Waals surface area (Å²) in [5.74, 6) is -0.0321. The number of carbonyl (C=O) groups excluding carboxylic acids is 1. The number of amides is 1. The fourth-order valence-corrected chi connectivity index (χ4v) is 5.73. The van der Waals surface area contributed by atoms with Crippen molar-refractivity contribution in [2.24, 2.45) is 0 Å². The zero-order chi connectivity index (χ0) is 18.7. The van der Waals surface area contributed by atoms with Gasteiger partial charge in [0, 0.05) is 31.2 Å². The maximum atomic E-state index is 13.2. The number of benzene rings is 1. The first-order valence-electron chi connectivity index (χ1n) is 9.87. The highest BCUT2D eigenvalue weighted by Gasteiger charge is 2.30. The van der Waals surface area contributed by atoms with E-state index < -0.39 is 10.0 Å². The van der Waals surface area contributed by atoms with E-state index in [9.17, 15) is 13.2 Å². The highest BCUT2D eigenvalue weighted by Crippen LogP contribution is 2.27. The Morgan fingerprint density at radius 2 is 1.77 bits per heavy atom. The maximum absolute atomic E-state index is 13.2. The van der Waals surface area contributed by atoms with Crippen LogP contribution in [0.5, 0.6) is 0 Å². The van der Waals surface area contributed by atoms with Gasteiger partial charge >= 0.3 is 0 Å². The first-order valence-corrected chi connectivity index (χ1v) is 11.3. The molecule has 1 aromatic carbocycles. The van der Waals surface area contributed by atoms with Gasteiger partial charge in [-0.25, -0.2) is 8.42 Å². The Kier molecular flexibility index (Phi) is 6.03. The third-order valence-electron chi connectivity index (χ3n) is 5.76. The van der Waals surface area contributed by atoms with Crippen LogP contribution in [0.4, 0.5) is 0 Å². The lowest BCUT2D eigenvalue weighted by atomic mass is 9.93. The summed E-state index contributed by atoms with van der Waals surface area (Å²) in [6.45, 7) is 5.69. The largest absolute Gasteiger partial charge is 0.336 e. The van der Waals surface area contributed by atoms with Crippen LogP contribution in [0.2, 0.25) is 0 Å². The molecule has 144 valence electrons. The van der Waals surface area contributed by atoms with Gasteiger partial charge in [0.05, 0.1) is 4.90 Å². The van der Waals surface area contributed by atoms with Crippen molar-refractivity contribution >= 4 is 15.9 Å². The molecule has 2 fully saturated rings. The van der Waals surface area contributed by atoms with Crippen molar-refractivity contribution in [2.75, 3.05) is 19.6 Å². The molecule has 2 aliphatic rings. The molecule has 1 aliphatic carbocycles. The first-order chi connectivity index (χ1) is 12.4. The van der Waals surface area contributed by atoms with Crippen LogP contribution in [0, 0.1) is 6.92 Å². The lowest BCUT2D eigenvalue weighted by Gasteiger charge is -2.34. The minimum absolute atomic E-state index is 0.0321. The summed E-state index contributed by atoms with van der Waals surface area (Å²) >= 11 is 0. The molecule has 5 nitrogen and oxygen atoms in total. The molecule has 1 saturated carbocycles. The summed E-state index contributed by atoms with van der Waals surface area (Å²) < 4.78 is 27.3. The van der Waals surface area contributed by atoms with Crippen molar-refractivity contribution in [3.05, 3.63) is 29.3 Å². The quantitative estimate of drug-likeness (QED) is 0.787. The lowest BCUT2D eigenvalue weighted by molar-refractivity contribution is 0.0647. The molecule has 0 radical (unpaired) electrons. The summed E-state index contributed by atoms with van der Waals surface area (Å²) in [6, 6.07) is 5.28. The summed E-state index contributed by atoms with van der Waals surface area (Å²) in [7, 11) is -3.51. The van der Waals surface area contributed by atoms with Gasteiger partial charge < -0.3 is 4.90 Å². The molecule has 0 aromatic heterocycles. The first kappa shape index (κ1) is 19.4. The van der Waals surface area contributed by atoms with Crippen LogP contribution in [0.25, 0.3) is 0 Å². The number of hydrogen-bond acceptors (Lipinski definition) is 3. The zero-order valence-corrected chi connectivity index (χ0v) is 16.7. The molecule has 0 N–H and O–H groups in total. The Morgan fingerprint density at radius 1 is 1.12 bits per heavy atom. The van der Waals surface area contributed by atoms with Crippen LogP contribution in [-0.2, 0) is 10.0 Å². The van der Waals surface area contributed by atoms with Gasteiger partial charge in [-0.2, -0.15) is 4.31 Å². The maximum Gasteiger partial charge on any atom is 0.254 e. The lowest BCUT2D eigenvalue weighted by Crippen LogP contribution is -2.41. The molecule has 3 rings (SSSR count). The highest BCUT2D eigenvalue weighted by atomic mass is 32.2. The van der Waals surface area contributed by atoms with Crippen molar-refractivity contribution < 1.29 is 13.2 Å². The SMILES string of the molecule is CCN(C(=O)c1cc(S(=O)(=O)N2CCCC2)ccc1C)C1CCCCC1. The van der Waals surface area contributed by atoms with E-state index in [2.05, 4.69) is 0 Å². The van der Waals surface area contributed by atoms with E-state index >= 15 is 0 Å². The number of hydrogen-bond donors (Lipinski definition) is 0. The van der Waals surface area contributed by atoms with Gasteiger partial charge in [0.2, 0.25) is 10.0 Å². The van der Waals surface area contributed by atoms with Crippen molar-refractivity contribution in [3.63, 3.8) is 0 Å². The van der Waals surface area contributed by atoms with E-state index in [-0.39, 0.29) is 16.8 Å². The number of nitrogens with zero attached hydrogens (tertiary/aromatic N) is 2. The minimum Gasteiger partial charge on any atom is -0.336 e. The van der Waals surface area contributed by atoms with E-state index in [1.54, 1.807) is 18.2 Å². The monoisotopic (exact) mass is 378 g/mol. The zero-order valence-electron chi connectivity index (χ0n) is 15.9. The Balaban J connectivity index is 1.90. The number of sulfonamides is 1. The molecule has 1 aliphatic heterocycles. The smallest absolute Gasteiger partial charge is 0.254 e. The van der Waals surface area contributed by atoms with E-state index in [0.717, 1.165) is 44.1 Å². The third-order valence-corrected chi connectivity index (χ3v) is 7.65. The van der Waals surface area contributed by atoms with Crippen molar-refractivity contribution in [1.82, 2.24) is 9.21 Å². The molecule has 1 heterocycles. The van der Waals surface area contributed by atoms with E-state index in [1.165, 1.54) is 10.7 Å². The highest BCUT2D eigenvalue weighted by molar-refractivity contribution is 7.89. The van der Waals surface area contributed by atoms with Crippen LogP contribution < -0.4 is 0 Å². The van der Waals surface area contributed by atoms with Gasteiger partial charge in [0.1, 0.15) is 0 Å².